The summed E-state index contributed by atoms with van der Waals surface area (Å²) in [6.07, 6.45) is -0.0518. The lowest BCUT2D eigenvalue weighted by atomic mass is 10.2. The van der Waals surface area contributed by atoms with Crippen LogP contribution in [0.3, 0.4) is 0 Å². The summed E-state index contributed by atoms with van der Waals surface area (Å²) in [6, 6.07) is 20.1. The fourth-order valence-electron chi connectivity index (χ4n) is 2.82. The zero-order valence-corrected chi connectivity index (χ0v) is 17.9. The molecule has 0 saturated heterocycles. The number of sulfonamides is 1. The molecule has 0 radical (unpaired) electrons. The maximum Gasteiger partial charge on any atom is 0.261 e. The molecule has 0 fully saturated rings. The fraction of sp³-hybridized carbons (Fsp3) is 0.174. The van der Waals surface area contributed by atoms with Crippen LogP contribution in [-0.2, 0) is 10.0 Å². The number of benzene rings is 3. The van der Waals surface area contributed by atoms with Crippen molar-refractivity contribution in [3.63, 3.8) is 0 Å². The molecule has 0 aliphatic rings. The number of amides is 1. The molecule has 0 unspecified atom stereocenters. The van der Waals surface area contributed by atoms with Gasteiger partial charge in [-0.05, 0) is 62.7 Å². The van der Waals surface area contributed by atoms with E-state index < -0.39 is 15.9 Å². The van der Waals surface area contributed by atoms with Gasteiger partial charge in [0, 0.05) is 5.56 Å². The van der Waals surface area contributed by atoms with Crippen LogP contribution in [-0.4, -0.2) is 20.4 Å². The van der Waals surface area contributed by atoms with Gasteiger partial charge in [-0.25, -0.2) is 8.42 Å². The summed E-state index contributed by atoms with van der Waals surface area (Å²) < 4.78 is 33.9. The second kappa shape index (κ2) is 9.00. The maximum absolute atomic E-state index is 12.8. The van der Waals surface area contributed by atoms with Crippen LogP contribution >= 0.6 is 0 Å². The van der Waals surface area contributed by atoms with Crippen molar-refractivity contribution in [1.82, 2.24) is 0 Å². The van der Waals surface area contributed by atoms with E-state index in [9.17, 15) is 13.2 Å². The van der Waals surface area contributed by atoms with Crippen molar-refractivity contribution >= 4 is 27.3 Å². The van der Waals surface area contributed by atoms with Crippen LogP contribution < -0.4 is 14.8 Å². The van der Waals surface area contributed by atoms with Crippen molar-refractivity contribution < 1.29 is 17.9 Å². The Labute approximate surface area is 177 Å². The average molecular weight is 425 g/mol. The monoisotopic (exact) mass is 424 g/mol. The molecular weight excluding hydrogens is 400 g/mol. The summed E-state index contributed by atoms with van der Waals surface area (Å²) in [6.45, 7) is 5.61. The largest absolute Gasteiger partial charge is 0.489 e. The minimum Gasteiger partial charge on any atom is -0.489 e. The Morgan fingerprint density at radius 1 is 0.900 bits per heavy atom. The third-order valence-corrected chi connectivity index (χ3v) is 5.66. The molecular formula is C23H24N2O4S. The number of nitrogens with one attached hydrogen (secondary N) is 2. The van der Waals surface area contributed by atoms with Crippen LogP contribution in [0.15, 0.2) is 77.7 Å². The Bertz CT molecular complexity index is 1160. The van der Waals surface area contributed by atoms with Crippen LogP contribution in [0.25, 0.3) is 0 Å². The van der Waals surface area contributed by atoms with Gasteiger partial charge in [0.15, 0.2) is 0 Å². The van der Waals surface area contributed by atoms with Crippen LogP contribution in [0.4, 0.5) is 11.4 Å². The lowest BCUT2D eigenvalue weighted by molar-refractivity contribution is 0.102. The number of aryl methyl sites for hydroxylation is 1. The summed E-state index contributed by atoms with van der Waals surface area (Å²) in [4.78, 5) is 12.8. The molecule has 3 aromatic rings. The number of carbonyl (C=O) groups excluding carboxylic acids is 1. The summed E-state index contributed by atoms with van der Waals surface area (Å²) in [5.74, 6) is 0.119. The number of rotatable bonds is 7. The third kappa shape index (κ3) is 5.18. The SMILES string of the molecule is Cc1ccccc1NS(=O)(=O)c1cccc(C(=O)Nc2ccccc2OC(C)C)c1. The molecule has 0 aliphatic carbocycles. The highest BCUT2D eigenvalue weighted by atomic mass is 32.2. The molecule has 0 saturated carbocycles. The Balaban J connectivity index is 1.83. The Kier molecular flexibility index (Phi) is 6.42. The summed E-state index contributed by atoms with van der Waals surface area (Å²) in [7, 11) is -3.84. The van der Waals surface area contributed by atoms with Gasteiger partial charge in [-0.1, -0.05) is 36.4 Å². The molecule has 0 aliphatic heterocycles. The normalized spacial score (nSPS) is 11.2. The van der Waals surface area contributed by atoms with Crippen molar-refractivity contribution in [2.24, 2.45) is 0 Å². The highest BCUT2D eigenvalue weighted by molar-refractivity contribution is 7.92. The van der Waals surface area contributed by atoms with Crippen LogP contribution in [0.2, 0.25) is 0 Å². The van der Waals surface area contributed by atoms with E-state index >= 15 is 0 Å². The van der Waals surface area contributed by atoms with Gasteiger partial charge in [-0.2, -0.15) is 0 Å². The molecule has 156 valence electrons. The summed E-state index contributed by atoms with van der Waals surface area (Å²) in [5, 5.41) is 2.79. The molecule has 1 amide bonds. The molecule has 0 bridgehead atoms. The zero-order valence-electron chi connectivity index (χ0n) is 17.0. The average Bonchev–Trinajstić information content (AvgIpc) is 2.71. The van der Waals surface area contributed by atoms with Crippen molar-refractivity contribution in [3.8, 4) is 5.75 Å². The lowest BCUT2D eigenvalue weighted by Crippen LogP contribution is -2.17. The first kappa shape index (κ1) is 21.4. The van der Waals surface area contributed by atoms with E-state index in [4.69, 9.17) is 4.74 Å². The first-order chi connectivity index (χ1) is 14.3. The van der Waals surface area contributed by atoms with Crippen molar-refractivity contribution in [2.45, 2.75) is 31.8 Å². The predicted molar refractivity (Wildman–Crippen MR) is 119 cm³/mol. The fourth-order valence-corrected chi connectivity index (χ4v) is 3.99. The summed E-state index contributed by atoms with van der Waals surface area (Å²) >= 11 is 0. The minimum absolute atomic E-state index is 0.00474. The number of anilines is 2. The number of carbonyl (C=O) groups is 1. The predicted octanol–water partition coefficient (Wildman–Crippen LogP) is 4.84. The van der Waals surface area contributed by atoms with Gasteiger partial charge >= 0.3 is 0 Å². The van der Waals surface area contributed by atoms with Gasteiger partial charge in [0.05, 0.1) is 22.4 Å². The van der Waals surface area contributed by atoms with E-state index in [2.05, 4.69) is 10.0 Å². The topological polar surface area (TPSA) is 84.5 Å². The van der Waals surface area contributed by atoms with Gasteiger partial charge in [0.25, 0.3) is 15.9 Å². The Morgan fingerprint density at radius 2 is 1.57 bits per heavy atom. The van der Waals surface area contributed by atoms with Crippen molar-refractivity contribution in [3.05, 3.63) is 83.9 Å². The van der Waals surface area contributed by atoms with E-state index in [-0.39, 0.29) is 16.6 Å². The highest BCUT2D eigenvalue weighted by Gasteiger charge is 2.18. The third-order valence-electron chi connectivity index (χ3n) is 4.29. The second-order valence-corrected chi connectivity index (χ2v) is 8.75. The first-order valence-corrected chi connectivity index (χ1v) is 11.0. The van der Waals surface area contributed by atoms with E-state index in [0.29, 0.717) is 17.1 Å². The number of para-hydroxylation sites is 3. The molecule has 0 heterocycles. The number of hydrogen-bond donors (Lipinski definition) is 2. The van der Waals surface area contributed by atoms with Gasteiger partial charge in [0.1, 0.15) is 5.75 Å². The first-order valence-electron chi connectivity index (χ1n) is 9.52. The maximum atomic E-state index is 12.8. The van der Waals surface area contributed by atoms with Gasteiger partial charge in [-0.15, -0.1) is 0 Å². The lowest BCUT2D eigenvalue weighted by Gasteiger charge is -2.15. The molecule has 0 spiro atoms. The smallest absolute Gasteiger partial charge is 0.261 e. The zero-order chi connectivity index (χ0) is 21.7. The molecule has 7 heteroatoms. The Hall–Kier alpha value is -3.32. The van der Waals surface area contributed by atoms with E-state index in [0.717, 1.165) is 5.56 Å². The standard InChI is InChI=1S/C23H24N2O4S/c1-16(2)29-22-14-7-6-13-21(22)24-23(26)18-10-8-11-19(15-18)30(27,28)25-20-12-5-4-9-17(20)3/h4-16,25H,1-3H3,(H,24,26). The Morgan fingerprint density at radius 3 is 2.27 bits per heavy atom. The van der Waals surface area contributed by atoms with Gasteiger partial charge in [-0.3, -0.25) is 9.52 Å². The van der Waals surface area contributed by atoms with Crippen molar-refractivity contribution in [1.29, 1.82) is 0 Å². The molecule has 6 nitrogen and oxygen atoms in total. The summed E-state index contributed by atoms with van der Waals surface area (Å²) in [5.41, 5.74) is 2.04. The van der Waals surface area contributed by atoms with Crippen LogP contribution in [0.5, 0.6) is 5.75 Å². The second-order valence-electron chi connectivity index (χ2n) is 7.07. The van der Waals surface area contributed by atoms with Crippen molar-refractivity contribution in [2.75, 3.05) is 10.0 Å². The van der Waals surface area contributed by atoms with Gasteiger partial charge in [0.2, 0.25) is 0 Å². The van der Waals surface area contributed by atoms with Crippen LogP contribution in [0, 0.1) is 6.92 Å². The number of hydrogen-bond acceptors (Lipinski definition) is 4. The van der Waals surface area contributed by atoms with E-state index in [1.165, 1.54) is 18.2 Å². The minimum atomic E-state index is -3.84. The quantitative estimate of drug-likeness (QED) is 0.569. The van der Waals surface area contributed by atoms with E-state index in [1.54, 1.807) is 36.4 Å². The van der Waals surface area contributed by atoms with E-state index in [1.807, 2.05) is 39.0 Å². The molecule has 2 N–H and O–H groups in total. The van der Waals surface area contributed by atoms with Crippen LogP contribution in [0.1, 0.15) is 29.8 Å². The molecule has 3 rings (SSSR count). The molecule has 3 aromatic carbocycles. The van der Waals surface area contributed by atoms with Gasteiger partial charge < -0.3 is 10.1 Å². The molecule has 0 atom stereocenters. The molecule has 30 heavy (non-hydrogen) atoms. The highest BCUT2D eigenvalue weighted by Crippen LogP contribution is 2.26. The molecule has 0 aromatic heterocycles. The number of ether oxygens (including phenoxy) is 1.